The van der Waals surface area contributed by atoms with Gasteiger partial charge < -0.3 is 15.4 Å². The van der Waals surface area contributed by atoms with Crippen LogP contribution in [0, 0.1) is 0 Å². The molecule has 0 radical (unpaired) electrons. The van der Waals surface area contributed by atoms with Gasteiger partial charge in [0.15, 0.2) is 5.69 Å². The van der Waals surface area contributed by atoms with Gasteiger partial charge in [0.1, 0.15) is 12.4 Å². The average molecular weight is 289 g/mol. The van der Waals surface area contributed by atoms with Crippen molar-refractivity contribution >= 4 is 5.91 Å². The molecule has 1 heterocycles. The van der Waals surface area contributed by atoms with Gasteiger partial charge in [-0.1, -0.05) is 23.4 Å². The van der Waals surface area contributed by atoms with Crippen LogP contribution < -0.4 is 10.5 Å². The van der Waals surface area contributed by atoms with Crippen LogP contribution in [0.5, 0.6) is 5.75 Å². The second-order valence-electron chi connectivity index (χ2n) is 4.54. The number of aromatic nitrogens is 3. The van der Waals surface area contributed by atoms with Crippen molar-refractivity contribution in [3.05, 3.63) is 42.2 Å². The number of nitrogens with two attached hydrogens (primary N) is 1. The molecule has 0 saturated heterocycles. The highest BCUT2D eigenvalue weighted by atomic mass is 16.5. The predicted molar refractivity (Wildman–Crippen MR) is 78.0 cm³/mol. The summed E-state index contributed by atoms with van der Waals surface area (Å²) in [6, 6.07) is 9.48. The van der Waals surface area contributed by atoms with Gasteiger partial charge in [0.25, 0.3) is 5.91 Å². The summed E-state index contributed by atoms with van der Waals surface area (Å²) in [5, 5.41) is 7.69. The molecule has 0 fully saturated rings. The van der Waals surface area contributed by atoms with Crippen LogP contribution in [-0.2, 0) is 6.54 Å². The van der Waals surface area contributed by atoms with E-state index in [4.69, 9.17) is 10.5 Å². The number of likely N-dealkylation sites (N-methyl/N-ethyl adjacent to an activating group) is 1. The Hall–Kier alpha value is -2.41. The molecule has 0 bridgehead atoms. The molecular formula is C14H19N5O2. The molecule has 21 heavy (non-hydrogen) atoms. The van der Waals surface area contributed by atoms with Crippen LogP contribution in [0.4, 0.5) is 0 Å². The van der Waals surface area contributed by atoms with Crippen LogP contribution in [0.1, 0.15) is 10.5 Å². The number of ether oxygens (including phenoxy) is 1. The van der Waals surface area contributed by atoms with Crippen LogP contribution in [0.3, 0.4) is 0 Å². The minimum Gasteiger partial charge on any atom is -0.492 e. The fraction of sp³-hybridized carbons (Fsp3) is 0.357. The van der Waals surface area contributed by atoms with Gasteiger partial charge in [0.2, 0.25) is 0 Å². The van der Waals surface area contributed by atoms with Crippen LogP contribution in [-0.4, -0.2) is 52.5 Å². The van der Waals surface area contributed by atoms with Crippen LogP contribution in [0.25, 0.3) is 0 Å². The minimum atomic E-state index is -0.185. The van der Waals surface area contributed by atoms with E-state index in [1.165, 1.54) is 0 Å². The normalized spacial score (nSPS) is 10.4. The molecule has 1 aromatic heterocycles. The van der Waals surface area contributed by atoms with E-state index in [2.05, 4.69) is 10.3 Å². The SMILES string of the molecule is CN(CCOc1ccccc1)C(=O)c1cn(CCN)nn1. The van der Waals surface area contributed by atoms with Crippen LogP contribution >= 0.6 is 0 Å². The van der Waals surface area contributed by atoms with E-state index in [0.717, 1.165) is 5.75 Å². The predicted octanol–water partition coefficient (Wildman–Crippen LogP) is 0.388. The van der Waals surface area contributed by atoms with Gasteiger partial charge in [-0.2, -0.15) is 0 Å². The third-order valence-electron chi connectivity index (χ3n) is 2.90. The highest BCUT2D eigenvalue weighted by Crippen LogP contribution is 2.08. The lowest BCUT2D eigenvalue weighted by Gasteiger charge is -2.15. The highest BCUT2D eigenvalue weighted by molar-refractivity contribution is 5.91. The summed E-state index contributed by atoms with van der Waals surface area (Å²) in [4.78, 5) is 13.7. The molecule has 7 heteroatoms. The van der Waals surface area contributed by atoms with Gasteiger partial charge in [-0.05, 0) is 12.1 Å². The molecule has 1 aromatic carbocycles. The third-order valence-corrected chi connectivity index (χ3v) is 2.90. The summed E-state index contributed by atoms with van der Waals surface area (Å²) in [6.07, 6.45) is 1.60. The largest absolute Gasteiger partial charge is 0.492 e. The zero-order valence-corrected chi connectivity index (χ0v) is 12.0. The quantitative estimate of drug-likeness (QED) is 0.796. The fourth-order valence-electron chi connectivity index (χ4n) is 1.75. The van der Waals surface area contributed by atoms with Gasteiger partial charge in [-0.3, -0.25) is 9.48 Å². The summed E-state index contributed by atoms with van der Waals surface area (Å²) in [5.41, 5.74) is 5.74. The number of nitrogens with zero attached hydrogens (tertiary/aromatic N) is 4. The van der Waals surface area contributed by atoms with Gasteiger partial charge >= 0.3 is 0 Å². The van der Waals surface area contributed by atoms with Gasteiger partial charge in [0, 0.05) is 13.6 Å². The smallest absolute Gasteiger partial charge is 0.275 e. The number of para-hydroxylation sites is 1. The fourth-order valence-corrected chi connectivity index (χ4v) is 1.75. The number of carbonyl (C=O) groups is 1. The molecule has 0 unspecified atom stereocenters. The third kappa shape index (κ3) is 4.28. The van der Waals surface area contributed by atoms with E-state index >= 15 is 0 Å². The van der Waals surface area contributed by atoms with E-state index < -0.39 is 0 Å². The summed E-state index contributed by atoms with van der Waals surface area (Å²) < 4.78 is 7.11. The first-order valence-corrected chi connectivity index (χ1v) is 6.74. The Morgan fingerprint density at radius 3 is 2.86 bits per heavy atom. The van der Waals surface area contributed by atoms with Crippen molar-refractivity contribution in [3.63, 3.8) is 0 Å². The zero-order valence-electron chi connectivity index (χ0n) is 12.0. The highest BCUT2D eigenvalue weighted by Gasteiger charge is 2.15. The van der Waals surface area contributed by atoms with Crippen molar-refractivity contribution in [1.29, 1.82) is 0 Å². The molecule has 2 aromatic rings. The van der Waals surface area contributed by atoms with Gasteiger partial charge in [-0.15, -0.1) is 5.10 Å². The average Bonchev–Trinajstić information content (AvgIpc) is 2.96. The topological polar surface area (TPSA) is 86.3 Å². The van der Waals surface area contributed by atoms with Gasteiger partial charge in [-0.25, -0.2) is 0 Å². The number of hydrogen-bond acceptors (Lipinski definition) is 5. The van der Waals surface area contributed by atoms with Crippen molar-refractivity contribution in [1.82, 2.24) is 19.9 Å². The Morgan fingerprint density at radius 2 is 2.14 bits per heavy atom. The van der Waals surface area contributed by atoms with Crippen LogP contribution in [0.15, 0.2) is 36.5 Å². The Labute approximate surface area is 123 Å². The Bertz CT molecular complexity index is 570. The van der Waals surface area contributed by atoms with Crippen LogP contribution in [0.2, 0.25) is 0 Å². The summed E-state index contributed by atoms with van der Waals surface area (Å²) >= 11 is 0. The van der Waals surface area contributed by atoms with Gasteiger partial charge in [0.05, 0.1) is 19.3 Å². The van der Waals surface area contributed by atoms with E-state index in [-0.39, 0.29) is 5.91 Å². The van der Waals surface area contributed by atoms with Crippen molar-refractivity contribution in [2.75, 3.05) is 26.7 Å². The first kappa shape index (κ1) is 15.0. The summed E-state index contributed by atoms with van der Waals surface area (Å²) in [6.45, 7) is 1.89. The molecule has 0 atom stereocenters. The first-order chi connectivity index (χ1) is 10.2. The molecule has 2 N–H and O–H groups in total. The van der Waals surface area contributed by atoms with Crippen molar-refractivity contribution in [2.24, 2.45) is 5.73 Å². The maximum atomic E-state index is 12.1. The molecule has 0 aliphatic heterocycles. The minimum absolute atomic E-state index is 0.185. The standard InChI is InChI=1S/C14H19N5O2/c1-18(9-10-21-12-5-3-2-4-6-12)14(20)13-11-19(8-7-15)17-16-13/h2-6,11H,7-10,15H2,1H3. The Balaban J connectivity index is 1.81. The number of benzene rings is 1. The monoisotopic (exact) mass is 289 g/mol. The number of hydrogen-bond donors (Lipinski definition) is 1. The lowest BCUT2D eigenvalue weighted by atomic mass is 10.3. The molecular weight excluding hydrogens is 270 g/mol. The lowest BCUT2D eigenvalue weighted by molar-refractivity contribution is 0.0768. The molecule has 2 rings (SSSR count). The second-order valence-corrected chi connectivity index (χ2v) is 4.54. The molecule has 0 spiro atoms. The number of amides is 1. The maximum Gasteiger partial charge on any atom is 0.275 e. The molecule has 7 nitrogen and oxygen atoms in total. The van der Waals surface area contributed by atoms with Crippen molar-refractivity contribution in [2.45, 2.75) is 6.54 Å². The second kappa shape index (κ2) is 7.39. The molecule has 112 valence electrons. The molecule has 0 aliphatic rings. The summed E-state index contributed by atoms with van der Waals surface area (Å²) in [7, 11) is 1.71. The van der Waals surface area contributed by atoms with E-state index in [9.17, 15) is 4.79 Å². The number of carbonyl (C=O) groups excluding carboxylic acids is 1. The molecule has 1 amide bonds. The van der Waals surface area contributed by atoms with E-state index in [1.54, 1.807) is 22.8 Å². The summed E-state index contributed by atoms with van der Waals surface area (Å²) in [5.74, 6) is 0.599. The number of rotatable bonds is 7. The van der Waals surface area contributed by atoms with Crippen molar-refractivity contribution < 1.29 is 9.53 Å². The Kier molecular flexibility index (Phi) is 5.28. The lowest BCUT2D eigenvalue weighted by Crippen LogP contribution is -2.31. The first-order valence-electron chi connectivity index (χ1n) is 6.74. The Morgan fingerprint density at radius 1 is 1.38 bits per heavy atom. The van der Waals surface area contributed by atoms with E-state index in [0.29, 0.717) is 31.9 Å². The van der Waals surface area contributed by atoms with E-state index in [1.807, 2.05) is 30.3 Å². The molecule has 0 saturated carbocycles. The maximum absolute atomic E-state index is 12.1. The molecule has 0 aliphatic carbocycles. The zero-order chi connectivity index (χ0) is 15.1. The van der Waals surface area contributed by atoms with Crippen molar-refractivity contribution in [3.8, 4) is 5.75 Å².